The lowest BCUT2D eigenvalue weighted by atomic mass is 10.0. The Bertz CT molecular complexity index is 851. The molecule has 0 saturated carbocycles. The van der Waals surface area contributed by atoms with E-state index in [1.54, 1.807) is 0 Å². The maximum absolute atomic E-state index is 12.5. The van der Waals surface area contributed by atoms with Crippen molar-refractivity contribution < 1.29 is 14.3 Å². The molecule has 6 nitrogen and oxygen atoms in total. The second-order valence-corrected chi connectivity index (χ2v) is 8.61. The van der Waals surface area contributed by atoms with Gasteiger partial charge in [0.15, 0.2) is 11.5 Å². The van der Waals surface area contributed by atoms with Crippen LogP contribution in [-0.2, 0) is 6.54 Å². The standard InChI is InChI=1S/C23H29N3O3S/c1-30-13-10-24-19-8-11-26(12-9-19)20-5-3-18(4-6-20)23(27)25-15-17-2-7-21-22(14-17)29-16-28-21/h2-7,14,19,24H,8-13,15-16H2,1H3,(H,25,27). The number of amides is 1. The highest BCUT2D eigenvalue weighted by Gasteiger charge is 2.19. The van der Waals surface area contributed by atoms with Gasteiger partial charge < -0.3 is 25.0 Å². The SMILES string of the molecule is CSCCNC1CCN(c2ccc(C(=O)NCc3ccc4c(c3)OCO4)cc2)CC1. The summed E-state index contributed by atoms with van der Waals surface area (Å²) in [5.41, 5.74) is 2.84. The van der Waals surface area contributed by atoms with Crippen molar-refractivity contribution in [1.29, 1.82) is 0 Å². The first-order chi connectivity index (χ1) is 14.7. The summed E-state index contributed by atoms with van der Waals surface area (Å²) in [4.78, 5) is 14.9. The molecule has 0 radical (unpaired) electrons. The number of anilines is 1. The fourth-order valence-corrected chi connectivity index (χ4v) is 4.19. The van der Waals surface area contributed by atoms with Crippen molar-refractivity contribution in [1.82, 2.24) is 10.6 Å². The minimum absolute atomic E-state index is 0.0732. The lowest BCUT2D eigenvalue weighted by Crippen LogP contribution is -2.43. The third kappa shape index (κ3) is 5.21. The van der Waals surface area contributed by atoms with Crippen LogP contribution < -0.4 is 25.0 Å². The minimum atomic E-state index is -0.0732. The number of carbonyl (C=O) groups is 1. The number of nitrogens with one attached hydrogen (secondary N) is 2. The lowest BCUT2D eigenvalue weighted by Gasteiger charge is -2.34. The van der Waals surface area contributed by atoms with Gasteiger partial charge in [-0.3, -0.25) is 4.79 Å². The van der Waals surface area contributed by atoms with Gasteiger partial charge in [-0.05, 0) is 61.1 Å². The number of hydrogen-bond acceptors (Lipinski definition) is 6. The average Bonchev–Trinajstić information content (AvgIpc) is 3.26. The molecule has 2 heterocycles. The Labute approximate surface area is 182 Å². The van der Waals surface area contributed by atoms with E-state index in [4.69, 9.17) is 9.47 Å². The summed E-state index contributed by atoms with van der Waals surface area (Å²) < 4.78 is 10.7. The molecule has 0 atom stereocenters. The van der Waals surface area contributed by atoms with Crippen molar-refractivity contribution in [3.05, 3.63) is 53.6 Å². The monoisotopic (exact) mass is 427 g/mol. The van der Waals surface area contributed by atoms with E-state index in [0.29, 0.717) is 18.2 Å². The maximum Gasteiger partial charge on any atom is 0.251 e. The number of hydrogen-bond donors (Lipinski definition) is 2. The number of piperidine rings is 1. The number of carbonyl (C=O) groups excluding carboxylic acids is 1. The van der Waals surface area contributed by atoms with Crippen molar-refractivity contribution in [2.75, 3.05) is 43.3 Å². The number of fused-ring (bicyclic) bond motifs is 1. The minimum Gasteiger partial charge on any atom is -0.454 e. The lowest BCUT2D eigenvalue weighted by molar-refractivity contribution is 0.0951. The molecule has 4 rings (SSSR count). The maximum atomic E-state index is 12.5. The Kier molecular flexibility index (Phi) is 7.02. The van der Waals surface area contributed by atoms with Gasteiger partial charge in [-0.25, -0.2) is 0 Å². The van der Waals surface area contributed by atoms with Crippen LogP contribution in [0.15, 0.2) is 42.5 Å². The van der Waals surface area contributed by atoms with Crippen molar-refractivity contribution in [2.24, 2.45) is 0 Å². The topological polar surface area (TPSA) is 62.8 Å². The third-order valence-corrected chi connectivity index (χ3v) is 6.23. The zero-order chi connectivity index (χ0) is 20.8. The first kappa shape index (κ1) is 20.9. The van der Waals surface area contributed by atoms with Gasteiger partial charge in [-0.15, -0.1) is 0 Å². The quantitative estimate of drug-likeness (QED) is 0.631. The number of rotatable bonds is 8. The van der Waals surface area contributed by atoms with E-state index >= 15 is 0 Å². The van der Waals surface area contributed by atoms with Crippen LogP contribution in [0.25, 0.3) is 0 Å². The van der Waals surface area contributed by atoms with Crippen LogP contribution in [0.4, 0.5) is 5.69 Å². The molecule has 0 aliphatic carbocycles. The van der Waals surface area contributed by atoms with Crippen LogP contribution in [0.1, 0.15) is 28.8 Å². The van der Waals surface area contributed by atoms with Crippen LogP contribution in [0.5, 0.6) is 11.5 Å². The number of ether oxygens (including phenoxy) is 2. The Morgan fingerprint density at radius 3 is 2.63 bits per heavy atom. The van der Waals surface area contributed by atoms with E-state index in [0.717, 1.165) is 49.5 Å². The number of benzene rings is 2. The van der Waals surface area contributed by atoms with E-state index in [2.05, 4.69) is 33.9 Å². The van der Waals surface area contributed by atoms with Crippen LogP contribution in [0.3, 0.4) is 0 Å². The molecule has 2 aliphatic rings. The van der Waals surface area contributed by atoms with Gasteiger partial charge in [0.2, 0.25) is 6.79 Å². The molecular formula is C23H29N3O3S. The Morgan fingerprint density at radius 2 is 1.87 bits per heavy atom. The Morgan fingerprint density at radius 1 is 1.10 bits per heavy atom. The normalized spacial score (nSPS) is 16.0. The van der Waals surface area contributed by atoms with Gasteiger partial charge in [0.25, 0.3) is 5.91 Å². The number of thioether (sulfide) groups is 1. The zero-order valence-electron chi connectivity index (χ0n) is 17.4. The van der Waals surface area contributed by atoms with Gasteiger partial charge in [0, 0.05) is 49.2 Å². The molecule has 0 aromatic heterocycles. The molecule has 0 unspecified atom stereocenters. The van der Waals surface area contributed by atoms with E-state index in [1.165, 1.54) is 11.4 Å². The molecule has 0 bridgehead atoms. The van der Waals surface area contributed by atoms with Crippen molar-refractivity contribution in [3.63, 3.8) is 0 Å². The van der Waals surface area contributed by atoms with Crippen LogP contribution in [-0.4, -0.2) is 50.4 Å². The van der Waals surface area contributed by atoms with E-state index < -0.39 is 0 Å². The summed E-state index contributed by atoms with van der Waals surface area (Å²) in [5, 5.41) is 6.62. The van der Waals surface area contributed by atoms with Crippen LogP contribution in [0, 0.1) is 0 Å². The molecule has 1 amide bonds. The van der Waals surface area contributed by atoms with Crippen molar-refractivity contribution in [2.45, 2.75) is 25.4 Å². The summed E-state index contributed by atoms with van der Waals surface area (Å²) in [7, 11) is 0. The molecule has 2 aliphatic heterocycles. The fraction of sp³-hybridized carbons (Fsp3) is 0.435. The summed E-state index contributed by atoms with van der Waals surface area (Å²) in [6.45, 7) is 3.89. The molecule has 2 aromatic rings. The molecule has 2 N–H and O–H groups in total. The summed E-state index contributed by atoms with van der Waals surface area (Å²) in [5.74, 6) is 2.57. The van der Waals surface area contributed by atoms with Crippen LogP contribution in [0.2, 0.25) is 0 Å². The Hall–Kier alpha value is -2.38. The van der Waals surface area contributed by atoms with Crippen LogP contribution >= 0.6 is 11.8 Å². The highest BCUT2D eigenvalue weighted by atomic mass is 32.2. The second kappa shape index (κ2) is 10.1. The molecule has 30 heavy (non-hydrogen) atoms. The van der Waals surface area contributed by atoms with Gasteiger partial charge in [0.1, 0.15) is 0 Å². The first-order valence-electron chi connectivity index (χ1n) is 10.5. The Balaban J connectivity index is 1.25. The smallest absolute Gasteiger partial charge is 0.251 e. The predicted molar refractivity (Wildman–Crippen MR) is 122 cm³/mol. The highest BCUT2D eigenvalue weighted by molar-refractivity contribution is 7.98. The molecule has 2 aromatic carbocycles. The van der Waals surface area contributed by atoms with Gasteiger partial charge in [0.05, 0.1) is 0 Å². The summed E-state index contributed by atoms with van der Waals surface area (Å²) in [6.07, 6.45) is 4.46. The molecular weight excluding hydrogens is 398 g/mol. The predicted octanol–water partition coefficient (Wildman–Crippen LogP) is 3.27. The zero-order valence-corrected chi connectivity index (χ0v) is 18.2. The van der Waals surface area contributed by atoms with E-state index in [-0.39, 0.29) is 12.7 Å². The molecule has 7 heteroatoms. The molecule has 1 saturated heterocycles. The summed E-state index contributed by atoms with van der Waals surface area (Å²) in [6, 6.07) is 14.3. The average molecular weight is 428 g/mol. The van der Waals surface area contributed by atoms with Gasteiger partial charge >= 0.3 is 0 Å². The first-order valence-corrected chi connectivity index (χ1v) is 11.9. The summed E-state index contributed by atoms with van der Waals surface area (Å²) >= 11 is 1.88. The van der Waals surface area contributed by atoms with Crippen molar-refractivity contribution >= 4 is 23.4 Å². The third-order valence-electron chi connectivity index (χ3n) is 5.62. The van der Waals surface area contributed by atoms with Gasteiger partial charge in [-0.1, -0.05) is 6.07 Å². The van der Waals surface area contributed by atoms with Crippen molar-refractivity contribution in [3.8, 4) is 11.5 Å². The molecule has 160 valence electrons. The molecule has 1 fully saturated rings. The van der Waals surface area contributed by atoms with Gasteiger partial charge in [-0.2, -0.15) is 11.8 Å². The molecule has 0 spiro atoms. The second-order valence-electron chi connectivity index (χ2n) is 7.63. The van der Waals surface area contributed by atoms with E-state index in [1.807, 2.05) is 42.1 Å². The largest absolute Gasteiger partial charge is 0.454 e. The highest BCUT2D eigenvalue weighted by Crippen LogP contribution is 2.32. The fourth-order valence-electron chi connectivity index (χ4n) is 3.87. The van der Waals surface area contributed by atoms with E-state index in [9.17, 15) is 4.79 Å². The number of nitrogens with zero attached hydrogens (tertiary/aromatic N) is 1.